The number of hydrogen-bond acceptors (Lipinski definition) is 3. The average Bonchev–Trinajstić information content (AvgIpc) is 3.03. The van der Waals surface area contributed by atoms with Gasteiger partial charge in [0.25, 0.3) is 0 Å². The van der Waals surface area contributed by atoms with Crippen molar-refractivity contribution in [1.29, 1.82) is 0 Å². The van der Waals surface area contributed by atoms with Crippen molar-refractivity contribution >= 4 is 56.2 Å². The fourth-order valence-corrected chi connectivity index (χ4v) is 6.02. The number of para-hydroxylation sites is 1. The summed E-state index contributed by atoms with van der Waals surface area (Å²) < 4.78 is 34.6. The highest BCUT2D eigenvalue weighted by atomic mass is 127. The Morgan fingerprint density at radius 1 is 1.09 bits per heavy atom. The quantitative estimate of drug-likeness (QED) is 0.263. The van der Waals surface area contributed by atoms with E-state index in [4.69, 9.17) is 4.74 Å². The molecule has 5 nitrogen and oxygen atoms in total. The molecular formula is C25H26BrF2IN2O3. The third-order valence-corrected chi connectivity index (χ3v) is 7.86. The maximum atomic E-state index is 14.1. The Bertz CT molecular complexity index is 1060. The molecule has 2 aromatic rings. The number of rotatable bonds is 5. The van der Waals surface area contributed by atoms with Crippen LogP contribution < -0.4 is 4.90 Å². The number of nitrogens with zero attached hydrogens (tertiary/aromatic N) is 2. The summed E-state index contributed by atoms with van der Waals surface area (Å²) in [4.78, 5) is 25.1. The lowest BCUT2D eigenvalue weighted by molar-refractivity contribution is -0.132. The van der Waals surface area contributed by atoms with Gasteiger partial charge in [-0.2, -0.15) is 8.78 Å². The van der Waals surface area contributed by atoms with Gasteiger partial charge in [-0.1, -0.05) is 42.5 Å². The molecule has 1 aliphatic carbocycles. The highest BCUT2D eigenvalue weighted by Crippen LogP contribution is 2.45. The van der Waals surface area contributed by atoms with Crippen LogP contribution in [0.15, 0.2) is 54.6 Å². The molecule has 1 saturated heterocycles. The van der Waals surface area contributed by atoms with Gasteiger partial charge < -0.3 is 9.64 Å². The van der Waals surface area contributed by atoms with E-state index in [0.717, 1.165) is 9.13 Å². The van der Waals surface area contributed by atoms with Crippen LogP contribution in [0.5, 0.6) is 0 Å². The van der Waals surface area contributed by atoms with Crippen molar-refractivity contribution in [2.45, 2.75) is 68.1 Å². The molecule has 0 bridgehead atoms. The van der Waals surface area contributed by atoms with Crippen molar-refractivity contribution in [2.24, 2.45) is 0 Å². The van der Waals surface area contributed by atoms with Gasteiger partial charge in [-0.05, 0) is 79.8 Å². The molecule has 9 heteroatoms. The van der Waals surface area contributed by atoms with E-state index in [1.165, 1.54) is 4.90 Å². The van der Waals surface area contributed by atoms with Crippen LogP contribution in [0.4, 0.5) is 19.3 Å². The SMILES string of the molecule is CC1(C)OC(=O)N(C2CCC(N(C(=O)C(F)(F)Br)c3ccccc3I)CC2)C1c1ccccc1. The van der Waals surface area contributed by atoms with Gasteiger partial charge in [0.2, 0.25) is 0 Å². The standard InChI is InChI=1S/C25H26BrF2IN2O3/c1-24(2)21(16-8-4-3-5-9-16)31(23(33)34-24)18-14-12-17(13-15-18)30(22(32)25(26,27)28)20-11-7-6-10-19(20)29/h3-11,17-18,21H,12-15H2,1-2H3. The molecule has 0 N–H and O–H groups in total. The summed E-state index contributed by atoms with van der Waals surface area (Å²) in [5.41, 5.74) is 0.768. The number of carbonyl (C=O) groups is 2. The minimum absolute atomic E-state index is 0.105. The van der Waals surface area contributed by atoms with Crippen LogP contribution in [0.3, 0.4) is 0 Å². The highest BCUT2D eigenvalue weighted by Gasteiger charge is 2.52. The zero-order chi connectivity index (χ0) is 24.7. The summed E-state index contributed by atoms with van der Waals surface area (Å²) in [6.07, 6.45) is 1.80. The first-order valence-electron chi connectivity index (χ1n) is 11.2. The normalized spacial score (nSPS) is 24.6. The monoisotopic (exact) mass is 646 g/mol. The zero-order valence-corrected chi connectivity index (χ0v) is 22.6. The van der Waals surface area contributed by atoms with E-state index in [1.807, 2.05) is 55.1 Å². The molecule has 0 spiro atoms. The number of alkyl halides is 3. The maximum Gasteiger partial charge on any atom is 0.411 e. The Hall–Kier alpha value is -1.75. The Labute approximate surface area is 220 Å². The molecule has 182 valence electrons. The molecule has 34 heavy (non-hydrogen) atoms. The number of amides is 2. The van der Waals surface area contributed by atoms with Gasteiger partial charge in [0, 0.05) is 31.6 Å². The van der Waals surface area contributed by atoms with Crippen LogP contribution in [0.1, 0.15) is 51.1 Å². The molecular weight excluding hydrogens is 621 g/mol. The fourth-order valence-electron chi connectivity index (χ4n) is 5.18. The first-order chi connectivity index (χ1) is 16.0. The second-order valence-corrected chi connectivity index (χ2v) is 11.4. The van der Waals surface area contributed by atoms with Gasteiger partial charge in [0.1, 0.15) is 5.60 Å². The predicted octanol–water partition coefficient (Wildman–Crippen LogP) is 6.90. The van der Waals surface area contributed by atoms with Crippen LogP contribution >= 0.6 is 38.5 Å². The molecule has 1 heterocycles. The molecule has 0 aromatic heterocycles. The summed E-state index contributed by atoms with van der Waals surface area (Å²) in [5, 5.41) is 0. The molecule has 1 aliphatic heterocycles. The first kappa shape index (κ1) is 25.3. The first-order valence-corrected chi connectivity index (χ1v) is 13.1. The Morgan fingerprint density at radius 2 is 1.68 bits per heavy atom. The Balaban J connectivity index is 1.58. The van der Waals surface area contributed by atoms with Crippen molar-refractivity contribution in [2.75, 3.05) is 4.90 Å². The van der Waals surface area contributed by atoms with Crippen LogP contribution in [-0.2, 0) is 9.53 Å². The van der Waals surface area contributed by atoms with Crippen molar-refractivity contribution in [3.8, 4) is 0 Å². The number of cyclic esters (lactones) is 1. The lowest BCUT2D eigenvalue weighted by Gasteiger charge is -2.41. The maximum absolute atomic E-state index is 14.1. The zero-order valence-electron chi connectivity index (χ0n) is 18.9. The van der Waals surface area contributed by atoms with Crippen LogP contribution in [-0.4, -0.2) is 39.4 Å². The number of halogens is 4. The molecule has 0 radical (unpaired) electrons. The number of anilines is 1. The fraction of sp³-hybridized carbons (Fsp3) is 0.440. The van der Waals surface area contributed by atoms with Gasteiger partial charge in [0.05, 0.1) is 11.7 Å². The topological polar surface area (TPSA) is 49.9 Å². The summed E-state index contributed by atoms with van der Waals surface area (Å²) in [6.45, 7) is 3.81. The predicted molar refractivity (Wildman–Crippen MR) is 138 cm³/mol. The van der Waals surface area contributed by atoms with Crippen LogP contribution in [0.2, 0.25) is 0 Å². The van der Waals surface area contributed by atoms with Crippen molar-refractivity contribution in [3.05, 3.63) is 63.7 Å². The molecule has 1 atom stereocenters. The van der Waals surface area contributed by atoms with Crippen molar-refractivity contribution in [1.82, 2.24) is 4.90 Å². The van der Waals surface area contributed by atoms with E-state index in [1.54, 1.807) is 18.2 Å². The second kappa shape index (κ2) is 9.72. The third-order valence-electron chi connectivity index (χ3n) is 6.61. The summed E-state index contributed by atoms with van der Waals surface area (Å²) in [5.74, 6) is -1.27. The van der Waals surface area contributed by atoms with Crippen molar-refractivity contribution < 1.29 is 23.1 Å². The van der Waals surface area contributed by atoms with Gasteiger partial charge in [0.15, 0.2) is 0 Å². The van der Waals surface area contributed by atoms with Gasteiger partial charge in [-0.3, -0.25) is 9.69 Å². The third kappa shape index (κ3) is 4.96. The lowest BCUT2D eigenvalue weighted by Crippen LogP contribution is -2.51. The van der Waals surface area contributed by atoms with Gasteiger partial charge in [-0.15, -0.1) is 0 Å². The van der Waals surface area contributed by atoms with Crippen molar-refractivity contribution in [3.63, 3.8) is 0 Å². The van der Waals surface area contributed by atoms with E-state index >= 15 is 0 Å². The highest BCUT2D eigenvalue weighted by molar-refractivity contribution is 14.1. The van der Waals surface area contributed by atoms with E-state index in [9.17, 15) is 18.4 Å². The van der Waals surface area contributed by atoms with Gasteiger partial charge in [-0.25, -0.2) is 4.79 Å². The minimum Gasteiger partial charge on any atom is -0.441 e. The number of ether oxygens (including phenoxy) is 1. The van der Waals surface area contributed by atoms with E-state index in [0.29, 0.717) is 31.4 Å². The molecule has 2 fully saturated rings. The molecule has 1 saturated carbocycles. The minimum atomic E-state index is -3.66. The summed E-state index contributed by atoms with van der Waals surface area (Å²) in [6, 6.07) is 16.1. The summed E-state index contributed by atoms with van der Waals surface area (Å²) >= 11 is 4.32. The average molecular weight is 647 g/mol. The largest absolute Gasteiger partial charge is 0.441 e. The summed E-state index contributed by atoms with van der Waals surface area (Å²) in [7, 11) is 0. The molecule has 2 amide bonds. The molecule has 4 rings (SSSR count). The number of carbonyl (C=O) groups excluding carboxylic acids is 2. The smallest absolute Gasteiger partial charge is 0.411 e. The van der Waals surface area contributed by atoms with Crippen LogP contribution in [0, 0.1) is 3.57 Å². The Kier molecular flexibility index (Phi) is 7.24. The van der Waals surface area contributed by atoms with Crippen LogP contribution in [0.25, 0.3) is 0 Å². The number of benzene rings is 2. The number of hydrogen-bond donors (Lipinski definition) is 0. The lowest BCUT2D eigenvalue weighted by atomic mass is 9.85. The molecule has 1 unspecified atom stereocenters. The van der Waals surface area contributed by atoms with E-state index < -0.39 is 22.4 Å². The van der Waals surface area contributed by atoms with E-state index in [-0.39, 0.29) is 18.2 Å². The van der Waals surface area contributed by atoms with Gasteiger partial charge >= 0.3 is 16.8 Å². The Morgan fingerprint density at radius 3 is 2.26 bits per heavy atom. The van der Waals surface area contributed by atoms with E-state index in [2.05, 4.69) is 38.5 Å². The molecule has 2 aliphatic rings. The molecule has 2 aromatic carbocycles. The second-order valence-electron chi connectivity index (χ2n) is 9.28.